The molecule has 1 heterocycles. The monoisotopic (exact) mass is 294 g/mol. The summed E-state index contributed by atoms with van der Waals surface area (Å²) in [6, 6.07) is 9.08. The largest absolute Gasteiger partial charge is 0.346 e. The third kappa shape index (κ3) is 3.11. The van der Waals surface area contributed by atoms with Crippen molar-refractivity contribution in [2.75, 3.05) is 6.54 Å². The maximum atomic E-state index is 3.61. The summed E-state index contributed by atoms with van der Waals surface area (Å²) in [4.78, 5) is 0. The van der Waals surface area contributed by atoms with Gasteiger partial charge in [-0.25, -0.2) is 0 Å². The van der Waals surface area contributed by atoms with Crippen molar-refractivity contribution in [2.45, 2.75) is 32.9 Å². The number of aryl methyl sites for hydroxylation is 1. The van der Waals surface area contributed by atoms with E-state index >= 15 is 0 Å². The van der Waals surface area contributed by atoms with Gasteiger partial charge in [0.05, 0.1) is 0 Å². The smallest absolute Gasteiger partial charge is 0.0492 e. The number of hydrogen-bond donors (Lipinski definition) is 1. The minimum absolute atomic E-state index is 0.572. The molecular formula is C14H19BrN2. The summed E-state index contributed by atoms with van der Waals surface area (Å²) in [6.07, 6.45) is 3.34. The molecule has 0 aliphatic heterocycles. The van der Waals surface area contributed by atoms with Gasteiger partial charge >= 0.3 is 0 Å². The van der Waals surface area contributed by atoms with Gasteiger partial charge in [-0.2, -0.15) is 0 Å². The molecule has 0 radical (unpaired) electrons. The predicted molar refractivity (Wildman–Crippen MR) is 77.4 cm³/mol. The maximum absolute atomic E-state index is 3.61. The molecule has 0 aliphatic carbocycles. The highest BCUT2D eigenvalue weighted by Crippen LogP contribution is 2.25. The molecule has 17 heavy (non-hydrogen) atoms. The Hall–Kier alpha value is -0.800. The zero-order valence-electron chi connectivity index (χ0n) is 10.4. The molecule has 0 unspecified atom stereocenters. The number of aromatic nitrogens is 1. The van der Waals surface area contributed by atoms with Crippen LogP contribution in [0.2, 0.25) is 0 Å². The molecule has 0 fully saturated rings. The average molecular weight is 295 g/mol. The minimum Gasteiger partial charge on any atom is -0.346 e. The van der Waals surface area contributed by atoms with Crippen LogP contribution in [0.1, 0.15) is 20.3 Å². The van der Waals surface area contributed by atoms with Crippen LogP contribution in [0.3, 0.4) is 0 Å². The van der Waals surface area contributed by atoms with Crippen molar-refractivity contribution in [2.24, 2.45) is 0 Å². The second-order valence-electron chi connectivity index (χ2n) is 4.65. The van der Waals surface area contributed by atoms with E-state index < -0.39 is 0 Å². The van der Waals surface area contributed by atoms with Crippen LogP contribution in [0.4, 0.5) is 0 Å². The first-order valence-electron chi connectivity index (χ1n) is 6.15. The van der Waals surface area contributed by atoms with Gasteiger partial charge in [-0.15, -0.1) is 0 Å². The predicted octanol–water partition coefficient (Wildman–Crippen LogP) is 3.79. The summed E-state index contributed by atoms with van der Waals surface area (Å²) in [5, 5.41) is 4.74. The molecule has 2 nitrogen and oxygen atoms in total. The van der Waals surface area contributed by atoms with Crippen LogP contribution in [-0.4, -0.2) is 17.2 Å². The molecule has 1 N–H and O–H groups in total. The summed E-state index contributed by atoms with van der Waals surface area (Å²) >= 11 is 3.61. The molecule has 0 saturated carbocycles. The maximum Gasteiger partial charge on any atom is 0.0492 e. The van der Waals surface area contributed by atoms with Gasteiger partial charge in [-0.3, -0.25) is 0 Å². The first kappa shape index (κ1) is 12.7. The molecule has 0 amide bonds. The molecule has 2 aromatic rings. The molecule has 0 aliphatic rings. The highest BCUT2D eigenvalue weighted by Gasteiger charge is 2.04. The third-order valence-corrected chi connectivity index (χ3v) is 3.50. The zero-order chi connectivity index (χ0) is 12.3. The Bertz CT molecular complexity index is 488. The highest BCUT2D eigenvalue weighted by molar-refractivity contribution is 9.10. The molecule has 92 valence electrons. The number of nitrogens with zero attached hydrogens (tertiary/aromatic N) is 1. The normalized spacial score (nSPS) is 11.5. The third-order valence-electron chi connectivity index (χ3n) is 2.87. The summed E-state index contributed by atoms with van der Waals surface area (Å²) in [5.41, 5.74) is 1.31. The Morgan fingerprint density at radius 2 is 2.06 bits per heavy atom. The van der Waals surface area contributed by atoms with Crippen molar-refractivity contribution in [3.05, 3.63) is 34.9 Å². The minimum atomic E-state index is 0.572. The lowest BCUT2D eigenvalue weighted by molar-refractivity contribution is 0.541. The first-order chi connectivity index (χ1) is 8.18. The molecule has 2 rings (SSSR count). The van der Waals surface area contributed by atoms with E-state index in [9.17, 15) is 0 Å². The fourth-order valence-electron chi connectivity index (χ4n) is 2.03. The number of hydrogen-bond acceptors (Lipinski definition) is 1. The summed E-state index contributed by atoms with van der Waals surface area (Å²) in [7, 11) is 0. The van der Waals surface area contributed by atoms with Crippen molar-refractivity contribution in [3.63, 3.8) is 0 Å². The van der Waals surface area contributed by atoms with E-state index in [1.807, 2.05) is 0 Å². The van der Waals surface area contributed by atoms with E-state index in [1.54, 1.807) is 0 Å². The number of fused-ring (bicyclic) bond motifs is 1. The van der Waals surface area contributed by atoms with Crippen molar-refractivity contribution < 1.29 is 0 Å². The lowest BCUT2D eigenvalue weighted by Crippen LogP contribution is -2.24. The Balaban J connectivity index is 2.04. The number of benzene rings is 1. The first-order valence-corrected chi connectivity index (χ1v) is 6.94. The van der Waals surface area contributed by atoms with E-state index in [0.29, 0.717) is 6.04 Å². The SMILES string of the molecule is CC(C)NCCCn1cc(Br)c2ccccc21. The average Bonchev–Trinajstić information content (AvgIpc) is 2.63. The van der Waals surface area contributed by atoms with Gasteiger partial charge in [-0.05, 0) is 35.0 Å². The molecule has 0 spiro atoms. The number of para-hydroxylation sites is 1. The Kier molecular flexibility index (Phi) is 4.24. The Morgan fingerprint density at radius 3 is 2.82 bits per heavy atom. The van der Waals surface area contributed by atoms with Crippen LogP contribution in [-0.2, 0) is 6.54 Å². The number of halogens is 1. The number of rotatable bonds is 5. The van der Waals surface area contributed by atoms with Crippen molar-refractivity contribution in [3.8, 4) is 0 Å². The van der Waals surface area contributed by atoms with E-state index in [0.717, 1.165) is 19.5 Å². The van der Waals surface area contributed by atoms with E-state index in [4.69, 9.17) is 0 Å². The van der Waals surface area contributed by atoms with Gasteiger partial charge in [0.15, 0.2) is 0 Å². The van der Waals surface area contributed by atoms with E-state index in [-0.39, 0.29) is 0 Å². The van der Waals surface area contributed by atoms with Crippen LogP contribution in [0, 0.1) is 0 Å². The van der Waals surface area contributed by atoms with E-state index in [2.05, 4.69) is 70.1 Å². The second-order valence-corrected chi connectivity index (χ2v) is 5.50. The fraction of sp³-hybridized carbons (Fsp3) is 0.429. The lowest BCUT2D eigenvalue weighted by Gasteiger charge is -2.09. The van der Waals surface area contributed by atoms with Crippen molar-refractivity contribution in [1.82, 2.24) is 9.88 Å². The molecular weight excluding hydrogens is 276 g/mol. The molecule has 3 heteroatoms. The van der Waals surface area contributed by atoms with E-state index in [1.165, 1.54) is 15.4 Å². The van der Waals surface area contributed by atoms with Gasteiger partial charge in [-0.1, -0.05) is 32.0 Å². The Morgan fingerprint density at radius 1 is 1.29 bits per heavy atom. The molecule has 0 atom stereocenters. The van der Waals surface area contributed by atoms with Crippen LogP contribution in [0.15, 0.2) is 34.9 Å². The van der Waals surface area contributed by atoms with Gasteiger partial charge in [0.2, 0.25) is 0 Å². The Labute approximate surface area is 111 Å². The lowest BCUT2D eigenvalue weighted by atomic mass is 10.2. The zero-order valence-corrected chi connectivity index (χ0v) is 12.0. The van der Waals surface area contributed by atoms with Gasteiger partial charge in [0, 0.05) is 34.2 Å². The summed E-state index contributed by atoms with van der Waals surface area (Å²) in [5.74, 6) is 0. The molecule has 0 saturated heterocycles. The second kappa shape index (κ2) is 5.69. The molecule has 1 aromatic heterocycles. The van der Waals surface area contributed by atoms with Crippen molar-refractivity contribution >= 4 is 26.8 Å². The van der Waals surface area contributed by atoms with Crippen LogP contribution in [0.5, 0.6) is 0 Å². The summed E-state index contributed by atoms with van der Waals surface area (Å²) in [6.45, 7) is 6.50. The van der Waals surface area contributed by atoms with Crippen molar-refractivity contribution in [1.29, 1.82) is 0 Å². The topological polar surface area (TPSA) is 17.0 Å². The molecule has 1 aromatic carbocycles. The summed E-state index contributed by atoms with van der Waals surface area (Å²) < 4.78 is 3.51. The van der Waals surface area contributed by atoms with Crippen LogP contribution < -0.4 is 5.32 Å². The van der Waals surface area contributed by atoms with Crippen LogP contribution >= 0.6 is 15.9 Å². The quantitative estimate of drug-likeness (QED) is 0.830. The van der Waals surface area contributed by atoms with Gasteiger partial charge in [0.1, 0.15) is 0 Å². The standard InChI is InChI=1S/C14H19BrN2/c1-11(2)16-8-5-9-17-10-13(15)12-6-3-4-7-14(12)17/h3-4,6-7,10-11,16H,5,8-9H2,1-2H3. The fourth-order valence-corrected chi connectivity index (χ4v) is 2.61. The molecule has 0 bridgehead atoms. The highest BCUT2D eigenvalue weighted by atomic mass is 79.9. The van der Waals surface area contributed by atoms with Crippen LogP contribution in [0.25, 0.3) is 10.9 Å². The number of nitrogens with one attached hydrogen (secondary N) is 1. The van der Waals surface area contributed by atoms with Gasteiger partial charge in [0.25, 0.3) is 0 Å². The van der Waals surface area contributed by atoms with Gasteiger partial charge < -0.3 is 9.88 Å².